The number of rotatable bonds is 4. The van der Waals surface area contributed by atoms with E-state index in [0.717, 1.165) is 60.8 Å². The van der Waals surface area contributed by atoms with Crippen LogP contribution in [0.5, 0.6) is 17.2 Å². The molecule has 0 amide bonds. The molecule has 142 valence electrons. The van der Waals surface area contributed by atoms with Crippen molar-refractivity contribution < 1.29 is 14.2 Å². The van der Waals surface area contributed by atoms with Crippen LogP contribution in [0.2, 0.25) is 0 Å². The molecule has 0 saturated carbocycles. The summed E-state index contributed by atoms with van der Waals surface area (Å²) in [6, 6.07) is 14.1. The number of methoxy groups -OCH3 is 1. The predicted molar refractivity (Wildman–Crippen MR) is 109 cm³/mol. The highest BCUT2D eigenvalue weighted by Crippen LogP contribution is 2.34. The minimum absolute atomic E-state index is 0.277. The second-order valence-electron chi connectivity index (χ2n) is 6.61. The first-order valence-electron chi connectivity index (χ1n) is 9.02. The van der Waals surface area contributed by atoms with Crippen LogP contribution in [0.25, 0.3) is 0 Å². The van der Waals surface area contributed by atoms with E-state index in [4.69, 9.17) is 26.4 Å². The zero-order valence-electron chi connectivity index (χ0n) is 15.3. The summed E-state index contributed by atoms with van der Waals surface area (Å²) in [5.74, 6) is 2.43. The van der Waals surface area contributed by atoms with Crippen molar-refractivity contribution in [3.8, 4) is 17.2 Å². The van der Waals surface area contributed by atoms with E-state index < -0.39 is 0 Å². The summed E-state index contributed by atoms with van der Waals surface area (Å²) >= 11 is 5.59. The molecule has 2 aromatic rings. The van der Waals surface area contributed by atoms with Crippen molar-refractivity contribution in [1.29, 1.82) is 0 Å². The summed E-state index contributed by atoms with van der Waals surface area (Å²) in [5, 5.41) is 4.06. The van der Waals surface area contributed by atoms with E-state index in [9.17, 15) is 0 Å². The van der Waals surface area contributed by atoms with E-state index in [1.165, 1.54) is 5.56 Å². The Morgan fingerprint density at radius 1 is 1.04 bits per heavy atom. The fourth-order valence-corrected chi connectivity index (χ4v) is 3.58. The Hall–Kier alpha value is -2.51. The highest BCUT2D eigenvalue weighted by Gasteiger charge is 2.20. The van der Waals surface area contributed by atoms with Crippen LogP contribution in [0.3, 0.4) is 0 Å². The van der Waals surface area contributed by atoms with Crippen molar-refractivity contribution >= 4 is 23.0 Å². The van der Waals surface area contributed by atoms with Crippen LogP contribution in [0.4, 0.5) is 5.69 Å². The largest absolute Gasteiger partial charge is 0.497 e. The zero-order valence-corrected chi connectivity index (χ0v) is 16.1. The molecule has 4 rings (SSSR count). The first-order valence-corrected chi connectivity index (χ1v) is 9.43. The lowest BCUT2D eigenvalue weighted by molar-refractivity contribution is 0.174. The van der Waals surface area contributed by atoms with Gasteiger partial charge in [0.25, 0.3) is 0 Å². The average molecular weight is 385 g/mol. The van der Waals surface area contributed by atoms with E-state index in [1.54, 1.807) is 7.11 Å². The minimum atomic E-state index is 0.277. The van der Waals surface area contributed by atoms with Crippen LogP contribution in [-0.4, -0.2) is 55.0 Å². The molecule has 0 bridgehead atoms. The molecule has 0 aromatic heterocycles. The molecule has 2 aromatic carbocycles. The summed E-state index contributed by atoms with van der Waals surface area (Å²) in [4.78, 5) is 4.66. The molecule has 1 fully saturated rings. The van der Waals surface area contributed by atoms with Gasteiger partial charge in [0.1, 0.15) is 5.75 Å². The summed E-state index contributed by atoms with van der Waals surface area (Å²) in [6.07, 6.45) is 0. The van der Waals surface area contributed by atoms with Crippen LogP contribution in [-0.2, 0) is 6.54 Å². The Labute approximate surface area is 164 Å². The number of benzene rings is 2. The molecule has 2 aliphatic rings. The van der Waals surface area contributed by atoms with Gasteiger partial charge in [0.15, 0.2) is 16.6 Å². The second kappa shape index (κ2) is 8.02. The van der Waals surface area contributed by atoms with Crippen molar-refractivity contribution in [2.75, 3.05) is 45.4 Å². The highest BCUT2D eigenvalue weighted by atomic mass is 32.1. The van der Waals surface area contributed by atoms with Gasteiger partial charge in [-0.1, -0.05) is 12.1 Å². The van der Waals surface area contributed by atoms with Gasteiger partial charge in [-0.15, -0.1) is 0 Å². The summed E-state index contributed by atoms with van der Waals surface area (Å²) < 4.78 is 16.0. The molecule has 27 heavy (non-hydrogen) atoms. The summed E-state index contributed by atoms with van der Waals surface area (Å²) in [5.41, 5.74) is 2.22. The van der Waals surface area contributed by atoms with Crippen LogP contribution in [0, 0.1) is 0 Å². The number of fused-ring (bicyclic) bond motifs is 1. The Kier molecular flexibility index (Phi) is 5.31. The normalized spacial score (nSPS) is 16.3. The third kappa shape index (κ3) is 4.26. The molecule has 0 unspecified atom stereocenters. The van der Waals surface area contributed by atoms with Crippen molar-refractivity contribution in [3.05, 3.63) is 48.0 Å². The fourth-order valence-electron chi connectivity index (χ4n) is 3.28. The van der Waals surface area contributed by atoms with E-state index in [0.29, 0.717) is 0 Å². The van der Waals surface area contributed by atoms with Gasteiger partial charge in [-0.2, -0.15) is 0 Å². The number of anilines is 1. The summed E-state index contributed by atoms with van der Waals surface area (Å²) in [6.45, 7) is 5.00. The lowest BCUT2D eigenvalue weighted by Gasteiger charge is -2.36. The monoisotopic (exact) mass is 385 g/mol. The SMILES string of the molecule is COc1ccc(CN2CCN(C(=S)Nc3ccc4c(c3)OCO4)CC2)cc1. The minimum Gasteiger partial charge on any atom is -0.497 e. The smallest absolute Gasteiger partial charge is 0.231 e. The fraction of sp³-hybridized carbons (Fsp3) is 0.350. The molecule has 0 radical (unpaired) electrons. The van der Waals surface area contributed by atoms with Crippen LogP contribution >= 0.6 is 12.2 Å². The molecule has 6 nitrogen and oxygen atoms in total. The number of hydrogen-bond acceptors (Lipinski definition) is 5. The number of thiocarbonyl (C=S) groups is 1. The van der Waals surface area contributed by atoms with Crippen LogP contribution in [0.15, 0.2) is 42.5 Å². The molecule has 7 heteroatoms. The van der Waals surface area contributed by atoms with Crippen molar-refractivity contribution in [1.82, 2.24) is 9.80 Å². The van der Waals surface area contributed by atoms with Crippen molar-refractivity contribution in [2.24, 2.45) is 0 Å². The van der Waals surface area contributed by atoms with Crippen LogP contribution < -0.4 is 19.5 Å². The molecule has 1 N–H and O–H groups in total. The average Bonchev–Trinajstić information content (AvgIpc) is 3.17. The maximum Gasteiger partial charge on any atom is 0.231 e. The summed E-state index contributed by atoms with van der Waals surface area (Å²) in [7, 11) is 1.69. The third-order valence-corrected chi connectivity index (χ3v) is 5.21. The number of nitrogens with one attached hydrogen (secondary N) is 1. The molecule has 1 saturated heterocycles. The van der Waals surface area contributed by atoms with Gasteiger partial charge < -0.3 is 24.4 Å². The zero-order chi connectivity index (χ0) is 18.6. The van der Waals surface area contributed by atoms with E-state index in [-0.39, 0.29) is 6.79 Å². The van der Waals surface area contributed by atoms with Gasteiger partial charge in [0.2, 0.25) is 6.79 Å². The Balaban J connectivity index is 1.27. The second-order valence-corrected chi connectivity index (χ2v) is 7.00. The van der Waals surface area contributed by atoms with E-state index in [2.05, 4.69) is 27.2 Å². The molecule has 0 atom stereocenters. The van der Waals surface area contributed by atoms with Crippen molar-refractivity contribution in [2.45, 2.75) is 6.54 Å². The van der Waals surface area contributed by atoms with Crippen LogP contribution in [0.1, 0.15) is 5.56 Å². The lowest BCUT2D eigenvalue weighted by atomic mass is 10.2. The molecule has 2 heterocycles. The van der Waals surface area contributed by atoms with Gasteiger partial charge >= 0.3 is 0 Å². The Morgan fingerprint density at radius 2 is 1.78 bits per heavy atom. The van der Waals surface area contributed by atoms with Gasteiger partial charge in [0, 0.05) is 44.5 Å². The van der Waals surface area contributed by atoms with E-state index in [1.807, 2.05) is 30.3 Å². The lowest BCUT2D eigenvalue weighted by Crippen LogP contribution is -2.49. The maximum atomic E-state index is 5.59. The van der Waals surface area contributed by atoms with Gasteiger partial charge in [0.05, 0.1) is 7.11 Å². The molecular formula is C20H23N3O3S. The van der Waals surface area contributed by atoms with Crippen molar-refractivity contribution in [3.63, 3.8) is 0 Å². The molecule has 2 aliphatic heterocycles. The topological polar surface area (TPSA) is 46.2 Å². The number of piperazine rings is 1. The standard InChI is InChI=1S/C20H23N3O3S/c1-24-17-5-2-15(3-6-17)13-22-8-10-23(11-9-22)20(27)21-16-4-7-18-19(12-16)26-14-25-18/h2-7,12H,8-11,13-14H2,1H3,(H,21,27). The number of hydrogen-bond donors (Lipinski definition) is 1. The first-order chi connectivity index (χ1) is 13.2. The maximum absolute atomic E-state index is 5.59. The Bertz CT molecular complexity index is 805. The van der Waals surface area contributed by atoms with Gasteiger partial charge in [-0.25, -0.2) is 0 Å². The first kappa shape index (κ1) is 17.9. The number of nitrogens with zero attached hydrogens (tertiary/aromatic N) is 2. The van der Waals surface area contributed by atoms with Gasteiger partial charge in [-0.3, -0.25) is 4.90 Å². The molecule has 0 aliphatic carbocycles. The molecular weight excluding hydrogens is 362 g/mol. The Morgan fingerprint density at radius 3 is 2.52 bits per heavy atom. The quantitative estimate of drug-likeness (QED) is 0.812. The van der Waals surface area contributed by atoms with Gasteiger partial charge in [-0.05, 0) is 42.0 Å². The third-order valence-electron chi connectivity index (χ3n) is 4.85. The highest BCUT2D eigenvalue weighted by molar-refractivity contribution is 7.80. The van der Waals surface area contributed by atoms with E-state index >= 15 is 0 Å². The predicted octanol–water partition coefficient (Wildman–Crippen LogP) is 2.94. The number of ether oxygens (including phenoxy) is 3. The molecule has 0 spiro atoms.